The molecular formula is C20H18ClN3O2. The molecule has 0 spiro atoms. The number of hydrogen-bond acceptors (Lipinski definition) is 4. The molecule has 1 unspecified atom stereocenters. The molecule has 2 aromatic carbocycles. The lowest BCUT2D eigenvalue weighted by molar-refractivity contribution is 0.0710. The molecule has 0 radical (unpaired) electrons. The van der Waals surface area contributed by atoms with E-state index in [9.17, 15) is 4.79 Å². The van der Waals surface area contributed by atoms with Crippen LogP contribution >= 0.6 is 11.6 Å². The Balaban J connectivity index is 1.58. The van der Waals surface area contributed by atoms with Crippen LogP contribution < -0.4 is 0 Å². The highest BCUT2D eigenvalue weighted by Crippen LogP contribution is 2.33. The van der Waals surface area contributed by atoms with Gasteiger partial charge in [-0.05, 0) is 44.0 Å². The van der Waals surface area contributed by atoms with Crippen LogP contribution in [0.5, 0.6) is 0 Å². The molecular weight excluding hydrogens is 350 g/mol. The summed E-state index contributed by atoms with van der Waals surface area (Å²) >= 11 is 5.91. The molecule has 26 heavy (non-hydrogen) atoms. The summed E-state index contributed by atoms with van der Waals surface area (Å²) in [6, 6.07) is 14.7. The van der Waals surface area contributed by atoms with E-state index in [2.05, 4.69) is 10.1 Å². The van der Waals surface area contributed by atoms with Crippen LogP contribution in [0.2, 0.25) is 5.02 Å². The van der Waals surface area contributed by atoms with Crippen LogP contribution in [0.1, 0.15) is 40.7 Å². The Kier molecular flexibility index (Phi) is 4.47. The maximum Gasteiger partial charge on any atom is 0.254 e. The van der Waals surface area contributed by atoms with Crippen LogP contribution in [-0.2, 0) is 0 Å². The zero-order chi connectivity index (χ0) is 18.1. The number of nitrogens with zero attached hydrogens (tertiary/aromatic N) is 3. The Hall–Kier alpha value is -2.66. The van der Waals surface area contributed by atoms with Crippen molar-refractivity contribution in [2.75, 3.05) is 6.54 Å². The van der Waals surface area contributed by atoms with Crippen LogP contribution in [0.15, 0.2) is 53.1 Å². The van der Waals surface area contributed by atoms with Gasteiger partial charge in [0, 0.05) is 22.7 Å². The zero-order valence-corrected chi connectivity index (χ0v) is 15.1. The largest absolute Gasteiger partial charge is 0.337 e. The molecule has 132 valence electrons. The van der Waals surface area contributed by atoms with Crippen molar-refractivity contribution in [3.63, 3.8) is 0 Å². The summed E-state index contributed by atoms with van der Waals surface area (Å²) in [4.78, 5) is 19.2. The average Bonchev–Trinajstić information content (AvgIpc) is 3.31. The molecule has 0 bridgehead atoms. The quantitative estimate of drug-likeness (QED) is 0.674. The van der Waals surface area contributed by atoms with Gasteiger partial charge in [-0.2, -0.15) is 4.98 Å². The Morgan fingerprint density at radius 3 is 2.62 bits per heavy atom. The summed E-state index contributed by atoms with van der Waals surface area (Å²) in [6.07, 6.45) is 1.72. The normalized spacial score (nSPS) is 16.8. The Morgan fingerprint density at radius 2 is 1.88 bits per heavy atom. The van der Waals surface area contributed by atoms with E-state index in [4.69, 9.17) is 16.1 Å². The SMILES string of the molecule is Cc1ccc(-c2noc(C3CCCN3C(=O)c3ccc(Cl)cc3)n2)cc1. The van der Waals surface area contributed by atoms with Crippen molar-refractivity contribution < 1.29 is 9.32 Å². The second-order valence-electron chi connectivity index (χ2n) is 6.49. The molecule has 3 aromatic rings. The molecule has 2 heterocycles. The Labute approximate surface area is 156 Å². The molecule has 0 N–H and O–H groups in total. The van der Waals surface area contributed by atoms with Crippen LogP contribution in [0.25, 0.3) is 11.4 Å². The number of aryl methyl sites for hydroxylation is 1. The fraction of sp³-hybridized carbons (Fsp3) is 0.250. The van der Waals surface area contributed by atoms with Gasteiger partial charge in [0.1, 0.15) is 6.04 Å². The van der Waals surface area contributed by atoms with Gasteiger partial charge in [-0.25, -0.2) is 0 Å². The molecule has 0 saturated carbocycles. The van der Waals surface area contributed by atoms with Gasteiger partial charge in [0.15, 0.2) is 0 Å². The predicted molar refractivity (Wildman–Crippen MR) is 98.9 cm³/mol. The number of halogens is 1. The third-order valence-electron chi connectivity index (χ3n) is 4.64. The van der Waals surface area contributed by atoms with Gasteiger partial charge in [-0.1, -0.05) is 46.6 Å². The van der Waals surface area contributed by atoms with E-state index in [1.165, 1.54) is 5.56 Å². The maximum absolute atomic E-state index is 12.8. The summed E-state index contributed by atoms with van der Waals surface area (Å²) in [6.45, 7) is 2.71. The van der Waals surface area contributed by atoms with Crippen LogP contribution in [-0.4, -0.2) is 27.5 Å². The van der Waals surface area contributed by atoms with E-state index in [-0.39, 0.29) is 11.9 Å². The molecule has 5 nitrogen and oxygen atoms in total. The molecule has 1 saturated heterocycles. The molecule has 0 aliphatic carbocycles. The summed E-state index contributed by atoms with van der Waals surface area (Å²) in [5.74, 6) is 0.991. The highest BCUT2D eigenvalue weighted by molar-refractivity contribution is 6.30. The van der Waals surface area contributed by atoms with Gasteiger partial charge in [0.05, 0.1) is 0 Å². The van der Waals surface area contributed by atoms with E-state index < -0.39 is 0 Å². The van der Waals surface area contributed by atoms with Gasteiger partial charge >= 0.3 is 0 Å². The smallest absolute Gasteiger partial charge is 0.254 e. The molecule has 1 amide bonds. The predicted octanol–water partition coefficient (Wildman–Crippen LogP) is 4.68. The zero-order valence-electron chi connectivity index (χ0n) is 14.4. The van der Waals surface area contributed by atoms with Gasteiger partial charge in [0.2, 0.25) is 11.7 Å². The number of rotatable bonds is 3. The number of benzene rings is 2. The average molecular weight is 368 g/mol. The van der Waals surface area contributed by atoms with Crippen molar-refractivity contribution in [2.24, 2.45) is 0 Å². The molecule has 1 aromatic heterocycles. The second-order valence-corrected chi connectivity index (χ2v) is 6.92. The summed E-state index contributed by atoms with van der Waals surface area (Å²) in [5.41, 5.74) is 2.69. The van der Waals surface area contributed by atoms with Crippen LogP contribution in [0.4, 0.5) is 0 Å². The van der Waals surface area contributed by atoms with Crippen molar-refractivity contribution in [1.82, 2.24) is 15.0 Å². The van der Waals surface area contributed by atoms with Gasteiger partial charge < -0.3 is 9.42 Å². The molecule has 1 atom stereocenters. The second kappa shape index (κ2) is 6.92. The van der Waals surface area contributed by atoms with E-state index in [0.717, 1.165) is 18.4 Å². The van der Waals surface area contributed by atoms with Crippen LogP contribution in [0, 0.1) is 6.92 Å². The van der Waals surface area contributed by atoms with Crippen molar-refractivity contribution >= 4 is 17.5 Å². The minimum Gasteiger partial charge on any atom is -0.337 e. The summed E-state index contributed by atoms with van der Waals surface area (Å²) in [5, 5.41) is 4.71. The number of carbonyl (C=O) groups excluding carboxylic acids is 1. The first-order valence-electron chi connectivity index (χ1n) is 8.59. The third kappa shape index (κ3) is 3.22. The Bertz CT molecular complexity index is 919. The number of amides is 1. The number of likely N-dealkylation sites (tertiary alicyclic amines) is 1. The molecule has 4 rings (SSSR count). The van der Waals surface area contributed by atoms with Crippen molar-refractivity contribution in [3.8, 4) is 11.4 Å². The first-order chi connectivity index (χ1) is 12.6. The lowest BCUT2D eigenvalue weighted by Gasteiger charge is -2.21. The van der Waals surface area contributed by atoms with Gasteiger partial charge in [-0.15, -0.1) is 0 Å². The van der Waals surface area contributed by atoms with E-state index in [0.29, 0.717) is 28.8 Å². The monoisotopic (exact) mass is 367 g/mol. The highest BCUT2D eigenvalue weighted by atomic mass is 35.5. The minimum atomic E-state index is -0.190. The number of aromatic nitrogens is 2. The topological polar surface area (TPSA) is 59.2 Å². The third-order valence-corrected chi connectivity index (χ3v) is 4.89. The lowest BCUT2D eigenvalue weighted by Crippen LogP contribution is -2.30. The minimum absolute atomic E-state index is 0.0424. The molecule has 1 aliphatic heterocycles. The Morgan fingerprint density at radius 1 is 1.15 bits per heavy atom. The molecule has 6 heteroatoms. The highest BCUT2D eigenvalue weighted by Gasteiger charge is 2.34. The van der Waals surface area contributed by atoms with E-state index in [1.807, 2.05) is 31.2 Å². The standard InChI is InChI=1S/C20H18ClN3O2/c1-13-4-6-14(7-5-13)18-22-19(26-23-18)17-3-2-12-24(17)20(25)15-8-10-16(21)11-9-15/h4-11,17H,2-3,12H2,1H3. The van der Waals surface area contributed by atoms with Crippen molar-refractivity contribution in [3.05, 3.63) is 70.6 Å². The van der Waals surface area contributed by atoms with Crippen molar-refractivity contribution in [1.29, 1.82) is 0 Å². The lowest BCUT2D eigenvalue weighted by atomic mass is 10.1. The van der Waals surface area contributed by atoms with Gasteiger partial charge in [-0.3, -0.25) is 4.79 Å². The number of hydrogen-bond donors (Lipinski definition) is 0. The number of carbonyl (C=O) groups is 1. The fourth-order valence-corrected chi connectivity index (χ4v) is 3.34. The first kappa shape index (κ1) is 16.8. The summed E-state index contributed by atoms with van der Waals surface area (Å²) < 4.78 is 5.49. The van der Waals surface area contributed by atoms with E-state index >= 15 is 0 Å². The van der Waals surface area contributed by atoms with E-state index in [1.54, 1.807) is 29.2 Å². The molecule has 1 fully saturated rings. The molecule has 1 aliphatic rings. The van der Waals surface area contributed by atoms with Crippen molar-refractivity contribution in [2.45, 2.75) is 25.8 Å². The summed E-state index contributed by atoms with van der Waals surface area (Å²) in [7, 11) is 0. The fourth-order valence-electron chi connectivity index (χ4n) is 3.22. The van der Waals surface area contributed by atoms with Crippen LogP contribution in [0.3, 0.4) is 0 Å². The first-order valence-corrected chi connectivity index (χ1v) is 8.97. The van der Waals surface area contributed by atoms with Gasteiger partial charge in [0.25, 0.3) is 5.91 Å². The maximum atomic E-state index is 12.8.